The molecule has 1 N–H and O–H groups in total. The van der Waals surface area contributed by atoms with Gasteiger partial charge >= 0.3 is 0 Å². The van der Waals surface area contributed by atoms with Gasteiger partial charge < -0.3 is 5.32 Å². The van der Waals surface area contributed by atoms with Gasteiger partial charge in [-0.2, -0.15) is 0 Å². The highest BCUT2D eigenvalue weighted by Gasteiger charge is 2.23. The summed E-state index contributed by atoms with van der Waals surface area (Å²) in [7, 11) is 2.02. The van der Waals surface area contributed by atoms with Gasteiger partial charge in [0.05, 0.1) is 6.04 Å². The Hall–Kier alpha value is -1.35. The molecule has 22 heavy (non-hydrogen) atoms. The lowest BCUT2D eigenvalue weighted by Crippen LogP contribution is -2.46. The lowest BCUT2D eigenvalue weighted by Gasteiger charge is -2.25. The maximum absolute atomic E-state index is 12.3. The summed E-state index contributed by atoms with van der Waals surface area (Å²) in [5.74, 6) is 0.719. The molecule has 0 heterocycles. The Labute approximate surface area is 135 Å². The molecule has 3 heteroatoms. The van der Waals surface area contributed by atoms with Crippen molar-refractivity contribution >= 4 is 5.91 Å². The summed E-state index contributed by atoms with van der Waals surface area (Å²) in [6, 6.07) is 9.04. The van der Waals surface area contributed by atoms with Crippen LogP contribution >= 0.6 is 0 Å². The molecule has 1 saturated carbocycles. The third-order valence-electron chi connectivity index (χ3n) is 4.82. The van der Waals surface area contributed by atoms with Crippen LogP contribution in [0, 0.1) is 0 Å². The zero-order valence-electron chi connectivity index (χ0n) is 14.4. The van der Waals surface area contributed by atoms with Gasteiger partial charge in [-0.3, -0.25) is 9.69 Å². The zero-order valence-corrected chi connectivity index (χ0v) is 14.4. The molecule has 2 rings (SSSR count). The maximum Gasteiger partial charge on any atom is 0.237 e. The Morgan fingerprint density at radius 2 is 1.77 bits per heavy atom. The summed E-state index contributed by atoms with van der Waals surface area (Å²) in [5.41, 5.74) is 2.62. The van der Waals surface area contributed by atoms with Gasteiger partial charge in [-0.05, 0) is 43.9 Å². The summed E-state index contributed by atoms with van der Waals surface area (Å²) in [4.78, 5) is 14.4. The largest absolute Gasteiger partial charge is 0.352 e. The summed E-state index contributed by atoms with van der Waals surface area (Å²) < 4.78 is 0. The summed E-state index contributed by atoms with van der Waals surface area (Å²) >= 11 is 0. The second-order valence-corrected chi connectivity index (χ2v) is 6.98. The Balaban J connectivity index is 1.86. The van der Waals surface area contributed by atoms with Crippen molar-refractivity contribution in [3.05, 3.63) is 35.4 Å². The quantitative estimate of drug-likeness (QED) is 0.869. The molecule has 0 unspecified atom stereocenters. The van der Waals surface area contributed by atoms with Crippen LogP contribution in [0.5, 0.6) is 0 Å². The molecule has 1 atom stereocenters. The third-order valence-corrected chi connectivity index (χ3v) is 4.82. The SMILES string of the molecule is CC(C)c1ccc(CN(C)[C@H](C)C(=O)NC2CCCC2)cc1. The smallest absolute Gasteiger partial charge is 0.237 e. The van der Waals surface area contributed by atoms with E-state index < -0.39 is 0 Å². The number of benzene rings is 1. The van der Waals surface area contributed by atoms with E-state index in [0.717, 1.165) is 19.4 Å². The van der Waals surface area contributed by atoms with Crippen LogP contribution in [-0.2, 0) is 11.3 Å². The first-order chi connectivity index (χ1) is 10.5. The number of likely N-dealkylation sites (N-methyl/N-ethyl adjacent to an activating group) is 1. The molecule has 1 fully saturated rings. The van der Waals surface area contributed by atoms with Gasteiger partial charge in [-0.1, -0.05) is 51.0 Å². The molecule has 0 aliphatic heterocycles. The Bertz CT molecular complexity index is 475. The van der Waals surface area contributed by atoms with E-state index in [1.807, 2.05) is 14.0 Å². The van der Waals surface area contributed by atoms with Crippen LogP contribution in [0.25, 0.3) is 0 Å². The second kappa shape index (κ2) is 7.77. The number of rotatable bonds is 6. The van der Waals surface area contributed by atoms with Crippen LogP contribution in [0.2, 0.25) is 0 Å². The first kappa shape index (κ1) is 17.0. The van der Waals surface area contributed by atoms with E-state index in [0.29, 0.717) is 12.0 Å². The molecule has 0 bridgehead atoms. The van der Waals surface area contributed by atoms with Crippen molar-refractivity contribution in [2.45, 2.75) is 71.0 Å². The van der Waals surface area contributed by atoms with Gasteiger partial charge in [-0.15, -0.1) is 0 Å². The average Bonchev–Trinajstić information content (AvgIpc) is 2.99. The van der Waals surface area contributed by atoms with Gasteiger partial charge in [0.2, 0.25) is 5.91 Å². The van der Waals surface area contributed by atoms with Crippen molar-refractivity contribution in [1.82, 2.24) is 10.2 Å². The van der Waals surface area contributed by atoms with Gasteiger partial charge in [-0.25, -0.2) is 0 Å². The molecule has 122 valence electrons. The van der Waals surface area contributed by atoms with Gasteiger partial charge in [0.25, 0.3) is 0 Å². The van der Waals surface area contributed by atoms with E-state index in [1.54, 1.807) is 0 Å². The summed E-state index contributed by atoms with van der Waals surface area (Å²) in [6.45, 7) is 7.21. The van der Waals surface area contributed by atoms with E-state index in [2.05, 4.69) is 48.3 Å². The van der Waals surface area contributed by atoms with Crippen molar-refractivity contribution in [3.8, 4) is 0 Å². The topological polar surface area (TPSA) is 32.3 Å². The van der Waals surface area contributed by atoms with Crippen LogP contribution in [0.15, 0.2) is 24.3 Å². The van der Waals surface area contributed by atoms with E-state index in [4.69, 9.17) is 0 Å². The van der Waals surface area contributed by atoms with E-state index in [9.17, 15) is 4.79 Å². The highest BCUT2D eigenvalue weighted by Crippen LogP contribution is 2.18. The summed E-state index contributed by atoms with van der Waals surface area (Å²) in [6.07, 6.45) is 4.77. The lowest BCUT2D eigenvalue weighted by molar-refractivity contribution is -0.126. The normalized spacial score (nSPS) is 17.2. The minimum absolute atomic E-state index is 0.0922. The minimum atomic E-state index is -0.0922. The first-order valence-electron chi connectivity index (χ1n) is 8.57. The predicted molar refractivity (Wildman–Crippen MR) is 91.9 cm³/mol. The van der Waals surface area contributed by atoms with Gasteiger partial charge in [0.1, 0.15) is 0 Å². The highest BCUT2D eigenvalue weighted by molar-refractivity contribution is 5.81. The Morgan fingerprint density at radius 3 is 2.32 bits per heavy atom. The Morgan fingerprint density at radius 1 is 1.18 bits per heavy atom. The number of amides is 1. The number of hydrogen-bond acceptors (Lipinski definition) is 2. The fourth-order valence-electron chi connectivity index (χ4n) is 3.02. The molecule has 0 radical (unpaired) electrons. The van der Waals surface area contributed by atoms with Crippen LogP contribution < -0.4 is 5.32 Å². The van der Waals surface area contributed by atoms with Crippen molar-refractivity contribution in [3.63, 3.8) is 0 Å². The highest BCUT2D eigenvalue weighted by atomic mass is 16.2. The average molecular weight is 302 g/mol. The fourth-order valence-corrected chi connectivity index (χ4v) is 3.02. The lowest BCUT2D eigenvalue weighted by atomic mass is 10.0. The van der Waals surface area contributed by atoms with Crippen molar-refractivity contribution in [1.29, 1.82) is 0 Å². The third kappa shape index (κ3) is 4.57. The van der Waals surface area contributed by atoms with Gasteiger partial charge in [0, 0.05) is 12.6 Å². The molecule has 0 aromatic heterocycles. The van der Waals surface area contributed by atoms with Gasteiger partial charge in [0.15, 0.2) is 0 Å². The van der Waals surface area contributed by atoms with Crippen molar-refractivity contribution < 1.29 is 4.79 Å². The maximum atomic E-state index is 12.3. The van der Waals surface area contributed by atoms with E-state index in [1.165, 1.54) is 24.0 Å². The second-order valence-electron chi connectivity index (χ2n) is 6.98. The number of nitrogens with zero attached hydrogens (tertiary/aromatic N) is 1. The van der Waals surface area contributed by atoms with Crippen LogP contribution in [0.1, 0.15) is 63.5 Å². The molecule has 1 aliphatic carbocycles. The number of carbonyl (C=O) groups is 1. The minimum Gasteiger partial charge on any atom is -0.352 e. The fraction of sp³-hybridized carbons (Fsp3) is 0.632. The Kier molecular flexibility index (Phi) is 6.01. The standard InChI is InChI=1S/C19H30N2O/c1-14(2)17-11-9-16(10-12-17)13-21(4)15(3)19(22)20-18-7-5-6-8-18/h9-12,14-15,18H,5-8,13H2,1-4H3,(H,20,22)/t15-/m1/s1. The van der Waals surface area contributed by atoms with Crippen LogP contribution in [-0.4, -0.2) is 29.9 Å². The molecule has 1 aromatic rings. The molecule has 0 saturated heterocycles. The summed E-state index contributed by atoms with van der Waals surface area (Å²) in [5, 5.41) is 3.19. The molecule has 1 aliphatic rings. The van der Waals surface area contributed by atoms with E-state index >= 15 is 0 Å². The van der Waals surface area contributed by atoms with E-state index in [-0.39, 0.29) is 11.9 Å². The van der Waals surface area contributed by atoms with Crippen LogP contribution in [0.3, 0.4) is 0 Å². The molecule has 1 aromatic carbocycles. The van der Waals surface area contributed by atoms with Crippen molar-refractivity contribution in [2.24, 2.45) is 0 Å². The monoisotopic (exact) mass is 302 g/mol. The number of nitrogens with one attached hydrogen (secondary N) is 1. The zero-order chi connectivity index (χ0) is 16.1. The predicted octanol–water partition coefficient (Wildman–Crippen LogP) is 3.69. The first-order valence-corrected chi connectivity index (χ1v) is 8.57. The molecular weight excluding hydrogens is 272 g/mol. The van der Waals surface area contributed by atoms with Crippen LogP contribution in [0.4, 0.5) is 0 Å². The molecular formula is C19H30N2O. The molecule has 1 amide bonds. The number of carbonyl (C=O) groups excluding carboxylic acids is 1. The van der Waals surface area contributed by atoms with Crippen molar-refractivity contribution in [2.75, 3.05) is 7.05 Å². The molecule has 3 nitrogen and oxygen atoms in total. The number of hydrogen-bond donors (Lipinski definition) is 1. The molecule has 0 spiro atoms.